The molecule has 0 heterocycles. The zero-order valence-corrected chi connectivity index (χ0v) is 13.7. The Bertz CT molecular complexity index is 511. The Morgan fingerprint density at radius 1 is 1.14 bits per heavy atom. The van der Waals surface area contributed by atoms with Gasteiger partial charge in [-0.1, -0.05) is 46.4 Å². The number of nitrogens with one attached hydrogen (secondary N) is 2. The minimum Gasteiger partial charge on any atom is -0.482 e. The van der Waals surface area contributed by atoms with Gasteiger partial charge in [-0.2, -0.15) is 0 Å². The van der Waals surface area contributed by atoms with Crippen molar-refractivity contribution >= 4 is 58.2 Å². The Balaban J connectivity index is 2.24. The van der Waals surface area contributed by atoms with Gasteiger partial charge in [0.2, 0.25) is 0 Å². The van der Waals surface area contributed by atoms with E-state index in [1.54, 1.807) is 12.1 Å². The molecule has 0 spiro atoms. The molecule has 0 saturated carbocycles. The van der Waals surface area contributed by atoms with Crippen molar-refractivity contribution in [1.82, 2.24) is 10.6 Å². The fourth-order valence-corrected chi connectivity index (χ4v) is 1.87. The maximum absolute atomic E-state index is 11.5. The first kappa shape index (κ1) is 18.2. The van der Waals surface area contributed by atoms with Crippen molar-refractivity contribution in [2.45, 2.75) is 4.84 Å². The summed E-state index contributed by atoms with van der Waals surface area (Å²) in [5.74, 6) is -0.517. The summed E-state index contributed by atoms with van der Waals surface area (Å²) < 4.78 is 5.24. The van der Waals surface area contributed by atoms with Gasteiger partial charge in [0, 0.05) is 18.1 Å². The van der Waals surface area contributed by atoms with Crippen LogP contribution in [-0.2, 0) is 9.59 Å². The number of benzene rings is 1. The molecule has 0 aliphatic heterocycles. The van der Waals surface area contributed by atoms with Crippen molar-refractivity contribution in [2.75, 3.05) is 19.7 Å². The number of carbonyl (C=O) groups excluding carboxylic acids is 2. The van der Waals surface area contributed by atoms with E-state index < -0.39 is 10.7 Å². The number of rotatable bonds is 7. The number of alkyl halides is 2. The molecule has 1 aromatic rings. The molecule has 0 saturated heterocycles. The summed E-state index contributed by atoms with van der Waals surface area (Å²) in [5, 5.41) is 5.77. The van der Waals surface area contributed by atoms with Crippen molar-refractivity contribution in [2.24, 2.45) is 0 Å². The highest BCUT2D eigenvalue weighted by Crippen LogP contribution is 2.27. The number of amides is 2. The van der Waals surface area contributed by atoms with E-state index in [-0.39, 0.29) is 25.6 Å². The summed E-state index contributed by atoms with van der Waals surface area (Å²) in [6.45, 7) is 0.230. The van der Waals surface area contributed by atoms with E-state index in [2.05, 4.69) is 10.6 Å². The minimum absolute atomic E-state index is 0.205. The second-order valence-corrected chi connectivity index (χ2v) is 5.74. The van der Waals surface area contributed by atoms with E-state index in [1.165, 1.54) is 6.07 Å². The first-order valence-corrected chi connectivity index (χ1v) is 7.43. The van der Waals surface area contributed by atoms with Crippen LogP contribution in [0.3, 0.4) is 0 Å². The van der Waals surface area contributed by atoms with E-state index in [9.17, 15) is 9.59 Å². The van der Waals surface area contributed by atoms with Gasteiger partial charge in [-0.25, -0.2) is 0 Å². The van der Waals surface area contributed by atoms with Gasteiger partial charge < -0.3 is 15.4 Å². The fourth-order valence-electron chi connectivity index (χ4n) is 1.25. The largest absolute Gasteiger partial charge is 0.482 e. The maximum atomic E-state index is 11.5. The summed E-state index contributed by atoms with van der Waals surface area (Å²) in [6.07, 6.45) is 0. The predicted molar refractivity (Wildman–Crippen MR) is 83.5 cm³/mol. The molecule has 21 heavy (non-hydrogen) atoms. The highest BCUT2D eigenvalue weighted by molar-refractivity contribution is 6.53. The van der Waals surface area contributed by atoms with Crippen LogP contribution in [0.4, 0.5) is 0 Å². The average molecular weight is 374 g/mol. The quantitative estimate of drug-likeness (QED) is 0.569. The third kappa shape index (κ3) is 7.09. The lowest BCUT2D eigenvalue weighted by Crippen LogP contribution is -2.38. The molecule has 0 aliphatic rings. The highest BCUT2D eigenvalue weighted by Gasteiger charge is 2.10. The van der Waals surface area contributed by atoms with Crippen molar-refractivity contribution in [3.63, 3.8) is 0 Å². The summed E-state index contributed by atoms with van der Waals surface area (Å²) in [6, 6.07) is 4.69. The number of carbonyl (C=O) groups is 2. The smallest absolute Gasteiger partial charge is 0.258 e. The fraction of sp³-hybridized carbons (Fsp3) is 0.333. The van der Waals surface area contributed by atoms with Crippen molar-refractivity contribution < 1.29 is 14.3 Å². The molecule has 1 aromatic carbocycles. The van der Waals surface area contributed by atoms with E-state index in [1.807, 2.05) is 0 Å². The van der Waals surface area contributed by atoms with Crippen LogP contribution in [0.15, 0.2) is 18.2 Å². The zero-order chi connectivity index (χ0) is 15.8. The van der Waals surface area contributed by atoms with Crippen LogP contribution in [0.2, 0.25) is 10.0 Å². The van der Waals surface area contributed by atoms with Crippen LogP contribution < -0.4 is 15.4 Å². The van der Waals surface area contributed by atoms with Crippen molar-refractivity contribution in [3.05, 3.63) is 28.2 Å². The summed E-state index contributed by atoms with van der Waals surface area (Å²) >= 11 is 22.3. The normalized spacial score (nSPS) is 10.3. The van der Waals surface area contributed by atoms with Gasteiger partial charge in [-0.15, -0.1) is 0 Å². The Morgan fingerprint density at radius 3 is 2.43 bits per heavy atom. The van der Waals surface area contributed by atoms with Crippen LogP contribution in [0.1, 0.15) is 0 Å². The number of hydrogen-bond donors (Lipinski definition) is 2. The third-order valence-corrected chi connectivity index (χ3v) is 3.12. The lowest BCUT2D eigenvalue weighted by Gasteiger charge is -2.09. The average Bonchev–Trinajstić information content (AvgIpc) is 2.42. The summed E-state index contributed by atoms with van der Waals surface area (Å²) in [4.78, 5) is 21.4. The second kappa shape index (κ2) is 9.20. The van der Waals surface area contributed by atoms with Crippen molar-refractivity contribution in [3.8, 4) is 5.75 Å². The predicted octanol–water partition coefficient (Wildman–Crippen LogP) is 2.41. The minimum atomic E-state index is -1.13. The Morgan fingerprint density at radius 2 is 1.81 bits per heavy atom. The van der Waals surface area contributed by atoms with E-state index in [0.717, 1.165) is 0 Å². The lowest BCUT2D eigenvalue weighted by atomic mass is 10.3. The summed E-state index contributed by atoms with van der Waals surface area (Å²) in [7, 11) is 0. The lowest BCUT2D eigenvalue weighted by molar-refractivity contribution is -0.123. The second-order valence-electron chi connectivity index (χ2n) is 3.81. The molecule has 9 heteroatoms. The monoisotopic (exact) mass is 372 g/mol. The molecule has 0 unspecified atom stereocenters. The van der Waals surface area contributed by atoms with Crippen molar-refractivity contribution in [1.29, 1.82) is 0 Å². The van der Waals surface area contributed by atoms with Gasteiger partial charge in [0.15, 0.2) is 11.4 Å². The SMILES string of the molecule is O=C(COc1ccc(Cl)cc1Cl)NCCNC(=O)C(Cl)Cl. The molecule has 0 radical (unpaired) electrons. The van der Waals surface area contributed by atoms with Crippen LogP contribution in [0.25, 0.3) is 0 Å². The molecule has 0 fully saturated rings. The molecular weight excluding hydrogens is 362 g/mol. The van der Waals surface area contributed by atoms with Crippen LogP contribution >= 0.6 is 46.4 Å². The van der Waals surface area contributed by atoms with E-state index in [4.69, 9.17) is 51.1 Å². The third-order valence-electron chi connectivity index (χ3n) is 2.20. The number of halogens is 4. The molecule has 5 nitrogen and oxygen atoms in total. The van der Waals surface area contributed by atoms with Gasteiger partial charge in [0.05, 0.1) is 5.02 Å². The molecule has 0 bridgehead atoms. The molecule has 2 amide bonds. The van der Waals surface area contributed by atoms with Gasteiger partial charge in [0.1, 0.15) is 5.75 Å². The molecular formula is C12H12Cl4N2O3. The van der Waals surface area contributed by atoms with Crippen LogP contribution in [0.5, 0.6) is 5.75 Å². The number of hydrogen-bond acceptors (Lipinski definition) is 3. The van der Waals surface area contributed by atoms with E-state index in [0.29, 0.717) is 15.8 Å². The summed E-state index contributed by atoms with van der Waals surface area (Å²) in [5.41, 5.74) is 0. The van der Waals surface area contributed by atoms with Gasteiger partial charge in [0.25, 0.3) is 11.8 Å². The molecule has 0 aliphatic carbocycles. The van der Waals surface area contributed by atoms with Crippen LogP contribution in [0, 0.1) is 0 Å². The maximum Gasteiger partial charge on any atom is 0.258 e. The molecule has 116 valence electrons. The standard InChI is InChI=1S/C12H12Cl4N2O3/c13-7-1-2-9(8(14)5-7)21-6-10(19)17-3-4-18-12(20)11(15)16/h1-2,5,11H,3-4,6H2,(H,17,19)(H,18,20). The highest BCUT2D eigenvalue weighted by atomic mass is 35.5. The van der Waals surface area contributed by atoms with Gasteiger partial charge >= 0.3 is 0 Å². The van der Waals surface area contributed by atoms with Gasteiger partial charge in [-0.05, 0) is 18.2 Å². The zero-order valence-electron chi connectivity index (χ0n) is 10.7. The first-order valence-electron chi connectivity index (χ1n) is 5.80. The Labute approximate surface area is 141 Å². The first-order chi connectivity index (χ1) is 9.90. The number of ether oxygens (including phenoxy) is 1. The topological polar surface area (TPSA) is 67.4 Å². The Hall–Kier alpha value is -0.880. The van der Waals surface area contributed by atoms with Gasteiger partial charge in [-0.3, -0.25) is 9.59 Å². The van der Waals surface area contributed by atoms with Crippen LogP contribution in [-0.4, -0.2) is 36.3 Å². The molecule has 1 rings (SSSR count). The molecule has 0 atom stereocenters. The molecule has 0 aromatic heterocycles. The Kier molecular flexibility index (Phi) is 7.96. The molecule has 2 N–H and O–H groups in total. The van der Waals surface area contributed by atoms with E-state index >= 15 is 0 Å².